The standard InChI is InChI=1S/C31H33BrN4O4S/c1-20-10-12-26(13-11-20)35(41(38,39)27-14-15-29(40-6)28(32)17-27)19-30(37)34-33-18-25-16-23(4)36(24(25)5)31-21(2)8-7-9-22(31)3/h7-18H,19H2,1-6H3,(H,34,37)/b33-18-. The lowest BCUT2D eigenvalue weighted by atomic mass is 10.1. The van der Waals surface area contributed by atoms with Crippen LogP contribution in [0.4, 0.5) is 5.69 Å². The first-order chi connectivity index (χ1) is 19.4. The number of sulfonamides is 1. The number of aryl methyl sites for hydroxylation is 4. The maximum atomic E-state index is 13.7. The third-order valence-electron chi connectivity index (χ3n) is 6.85. The Hall–Kier alpha value is -3.89. The Morgan fingerprint density at radius 3 is 2.27 bits per heavy atom. The zero-order valence-corrected chi connectivity index (χ0v) is 26.3. The lowest BCUT2D eigenvalue weighted by Gasteiger charge is -2.24. The molecule has 4 aromatic rings. The number of hydrogen-bond donors (Lipinski definition) is 1. The monoisotopic (exact) mass is 636 g/mol. The summed E-state index contributed by atoms with van der Waals surface area (Å²) in [6, 6.07) is 19.6. The van der Waals surface area contributed by atoms with Crippen LogP contribution in [0.15, 0.2) is 81.2 Å². The fraction of sp³-hybridized carbons (Fsp3) is 0.226. The molecule has 8 nitrogen and oxygen atoms in total. The van der Waals surface area contributed by atoms with Crippen molar-refractivity contribution in [3.63, 3.8) is 0 Å². The lowest BCUT2D eigenvalue weighted by molar-refractivity contribution is -0.119. The number of hydrogen-bond acceptors (Lipinski definition) is 5. The lowest BCUT2D eigenvalue weighted by Crippen LogP contribution is -2.39. The molecular formula is C31H33BrN4O4S. The Morgan fingerprint density at radius 2 is 1.66 bits per heavy atom. The van der Waals surface area contributed by atoms with E-state index in [0.717, 1.165) is 43.6 Å². The molecule has 0 fully saturated rings. The van der Waals surface area contributed by atoms with E-state index in [1.807, 2.05) is 32.9 Å². The van der Waals surface area contributed by atoms with Crippen LogP contribution in [0.3, 0.4) is 0 Å². The van der Waals surface area contributed by atoms with Gasteiger partial charge in [0.25, 0.3) is 15.9 Å². The minimum absolute atomic E-state index is 0.0148. The largest absolute Gasteiger partial charge is 0.496 e. The zero-order valence-electron chi connectivity index (χ0n) is 23.9. The van der Waals surface area contributed by atoms with Crippen LogP contribution in [0.25, 0.3) is 5.69 Å². The molecular weight excluding hydrogens is 604 g/mol. The van der Waals surface area contributed by atoms with Crippen molar-refractivity contribution in [2.45, 2.75) is 39.5 Å². The van der Waals surface area contributed by atoms with Crippen molar-refractivity contribution in [2.75, 3.05) is 18.0 Å². The predicted octanol–water partition coefficient (Wildman–Crippen LogP) is 6.14. The van der Waals surface area contributed by atoms with Gasteiger partial charge in [-0.25, -0.2) is 13.8 Å². The van der Waals surface area contributed by atoms with Gasteiger partial charge in [-0.3, -0.25) is 9.10 Å². The Bertz CT molecular complexity index is 1710. The molecule has 0 atom stereocenters. The number of anilines is 1. The highest BCUT2D eigenvalue weighted by atomic mass is 79.9. The Kier molecular flexibility index (Phi) is 9.04. The second-order valence-electron chi connectivity index (χ2n) is 9.84. The van der Waals surface area contributed by atoms with Gasteiger partial charge in [0.05, 0.1) is 34.1 Å². The van der Waals surface area contributed by atoms with Crippen LogP contribution in [0.2, 0.25) is 0 Å². The number of hydrazone groups is 1. The van der Waals surface area contributed by atoms with Gasteiger partial charge in [0.1, 0.15) is 12.3 Å². The number of rotatable bonds is 9. The normalized spacial score (nSPS) is 11.6. The van der Waals surface area contributed by atoms with Gasteiger partial charge < -0.3 is 9.30 Å². The van der Waals surface area contributed by atoms with Gasteiger partial charge in [-0.05, 0) is 98.1 Å². The first-order valence-corrected chi connectivity index (χ1v) is 15.2. The first-order valence-electron chi connectivity index (χ1n) is 12.9. The summed E-state index contributed by atoms with van der Waals surface area (Å²) in [7, 11) is -2.60. The molecule has 4 rings (SSSR count). The zero-order chi connectivity index (χ0) is 29.9. The molecule has 41 heavy (non-hydrogen) atoms. The van der Waals surface area contributed by atoms with Gasteiger partial charge in [-0.2, -0.15) is 5.10 Å². The molecule has 10 heteroatoms. The summed E-state index contributed by atoms with van der Waals surface area (Å²) in [4.78, 5) is 13.0. The number of ether oxygens (including phenoxy) is 1. The van der Waals surface area contributed by atoms with E-state index < -0.39 is 22.5 Å². The molecule has 1 heterocycles. The van der Waals surface area contributed by atoms with Crippen LogP contribution in [0.5, 0.6) is 5.75 Å². The van der Waals surface area contributed by atoms with E-state index in [2.05, 4.69) is 57.0 Å². The van der Waals surface area contributed by atoms with Crippen LogP contribution in [0, 0.1) is 34.6 Å². The summed E-state index contributed by atoms with van der Waals surface area (Å²) in [5.41, 5.74) is 10.1. The molecule has 3 aromatic carbocycles. The molecule has 1 amide bonds. The van der Waals surface area contributed by atoms with Crippen molar-refractivity contribution in [3.8, 4) is 11.4 Å². The number of halogens is 1. The summed E-state index contributed by atoms with van der Waals surface area (Å²) >= 11 is 3.35. The Morgan fingerprint density at radius 1 is 1.00 bits per heavy atom. The fourth-order valence-electron chi connectivity index (χ4n) is 4.72. The molecule has 0 bridgehead atoms. The van der Waals surface area contributed by atoms with Crippen molar-refractivity contribution in [2.24, 2.45) is 5.10 Å². The Balaban J connectivity index is 1.59. The van der Waals surface area contributed by atoms with Crippen LogP contribution >= 0.6 is 15.9 Å². The molecule has 0 spiro atoms. The number of methoxy groups -OCH3 is 1. The van der Waals surface area contributed by atoms with Gasteiger partial charge in [0.2, 0.25) is 0 Å². The summed E-state index contributed by atoms with van der Waals surface area (Å²) in [6.07, 6.45) is 1.58. The summed E-state index contributed by atoms with van der Waals surface area (Å²) in [5, 5.41) is 4.16. The highest BCUT2D eigenvalue weighted by Gasteiger charge is 2.28. The van der Waals surface area contributed by atoms with E-state index in [0.29, 0.717) is 15.9 Å². The average Bonchev–Trinajstić information content (AvgIpc) is 3.20. The second-order valence-corrected chi connectivity index (χ2v) is 12.6. The van der Waals surface area contributed by atoms with Crippen molar-refractivity contribution >= 4 is 43.8 Å². The van der Waals surface area contributed by atoms with E-state index >= 15 is 0 Å². The predicted molar refractivity (Wildman–Crippen MR) is 167 cm³/mol. The van der Waals surface area contributed by atoms with E-state index in [-0.39, 0.29) is 4.90 Å². The number of benzene rings is 3. The SMILES string of the molecule is COc1ccc(S(=O)(=O)N(CC(=O)N/N=C\c2cc(C)n(-c3c(C)cccc3C)c2C)c2ccc(C)cc2)cc1Br. The maximum absolute atomic E-state index is 13.7. The minimum Gasteiger partial charge on any atom is -0.496 e. The van der Waals surface area contributed by atoms with E-state index in [1.54, 1.807) is 36.5 Å². The number of carbonyl (C=O) groups is 1. The third-order valence-corrected chi connectivity index (χ3v) is 9.24. The quantitative estimate of drug-likeness (QED) is 0.176. The minimum atomic E-state index is -4.10. The number of aromatic nitrogens is 1. The highest BCUT2D eigenvalue weighted by molar-refractivity contribution is 9.10. The van der Waals surface area contributed by atoms with Crippen LogP contribution in [-0.2, 0) is 14.8 Å². The van der Waals surface area contributed by atoms with Gasteiger partial charge in [0.15, 0.2) is 0 Å². The van der Waals surface area contributed by atoms with Crippen molar-refractivity contribution in [1.29, 1.82) is 0 Å². The summed E-state index contributed by atoms with van der Waals surface area (Å²) in [5.74, 6) is -0.0867. The van der Waals surface area contributed by atoms with Crippen molar-refractivity contribution < 1.29 is 17.9 Å². The van der Waals surface area contributed by atoms with Gasteiger partial charge in [-0.15, -0.1) is 0 Å². The third kappa shape index (κ3) is 6.39. The molecule has 0 radical (unpaired) electrons. The molecule has 0 unspecified atom stereocenters. The number of para-hydroxylation sites is 1. The van der Waals surface area contributed by atoms with Crippen molar-refractivity contribution in [1.82, 2.24) is 9.99 Å². The highest BCUT2D eigenvalue weighted by Crippen LogP contribution is 2.31. The molecule has 0 aliphatic carbocycles. The first kappa shape index (κ1) is 30.1. The van der Waals surface area contributed by atoms with Crippen LogP contribution < -0.4 is 14.5 Å². The molecule has 1 N–H and O–H groups in total. The number of carbonyl (C=O) groups excluding carboxylic acids is 1. The van der Waals surface area contributed by atoms with Crippen LogP contribution in [-0.4, -0.2) is 38.8 Å². The second kappa shape index (κ2) is 12.3. The maximum Gasteiger partial charge on any atom is 0.264 e. The molecule has 0 aliphatic heterocycles. The molecule has 0 aliphatic rings. The van der Waals surface area contributed by atoms with Gasteiger partial charge in [0, 0.05) is 17.0 Å². The molecule has 214 valence electrons. The van der Waals surface area contributed by atoms with Crippen molar-refractivity contribution in [3.05, 3.63) is 105 Å². The van der Waals surface area contributed by atoms with Crippen LogP contribution in [0.1, 0.15) is 33.6 Å². The summed E-state index contributed by atoms with van der Waals surface area (Å²) in [6.45, 7) is 9.62. The van der Waals surface area contributed by atoms with E-state index in [4.69, 9.17) is 4.74 Å². The number of amides is 1. The van der Waals surface area contributed by atoms with E-state index in [1.165, 1.54) is 19.2 Å². The number of nitrogens with zero attached hydrogens (tertiary/aromatic N) is 3. The molecule has 0 saturated carbocycles. The fourth-order valence-corrected chi connectivity index (χ4v) is 6.86. The molecule has 1 aromatic heterocycles. The summed E-state index contributed by atoms with van der Waals surface area (Å²) < 4.78 is 36.4. The Labute approximate surface area is 249 Å². The smallest absolute Gasteiger partial charge is 0.264 e. The van der Waals surface area contributed by atoms with Gasteiger partial charge >= 0.3 is 0 Å². The molecule has 0 saturated heterocycles. The average molecular weight is 638 g/mol. The topological polar surface area (TPSA) is 93.0 Å². The van der Waals surface area contributed by atoms with E-state index in [9.17, 15) is 13.2 Å². The van der Waals surface area contributed by atoms with Gasteiger partial charge in [-0.1, -0.05) is 35.9 Å². The number of nitrogens with one attached hydrogen (secondary N) is 1.